The van der Waals surface area contributed by atoms with Crippen LogP contribution in [-0.2, 0) is 17.4 Å². The van der Waals surface area contributed by atoms with Gasteiger partial charge in [0.25, 0.3) is 0 Å². The van der Waals surface area contributed by atoms with Gasteiger partial charge in [-0.25, -0.2) is 9.59 Å². The molecule has 2 aromatic rings. The number of carbonyl (C=O) groups excluding carboxylic acids is 1. The highest BCUT2D eigenvalue weighted by Gasteiger charge is 2.30. The van der Waals surface area contributed by atoms with Crippen LogP contribution in [0, 0.1) is 0 Å². The van der Waals surface area contributed by atoms with Crippen LogP contribution in [0.5, 0.6) is 0 Å². The molecule has 0 radical (unpaired) electrons. The number of alkyl halides is 3. The average Bonchev–Trinajstić information content (AvgIpc) is 2.54. The van der Waals surface area contributed by atoms with Crippen LogP contribution < -0.4 is 10.6 Å². The van der Waals surface area contributed by atoms with Gasteiger partial charge in [-0.2, -0.15) is 13.2 Å². The Kier molecular flexibility index (Phi) is 5.63. The molecule has 8 heteroatoms. The smallest absolute Gasteiger partial charge is 0.416 e. The molecular weight excluding hydrogens is 337 g/mol. The summed E-state index contributed by atoms with van der Waals surface area (Å²) in [5, 5.41) is 13.8. The molecule has 2 amide bonds. The first kappa shape index (κ1) is 18.3. The van der Waals surface area contributed by atoms with Crippen molar-refractivity contribution in [3.63, 3.8) is 0 Å². The van der Waals surface area contributed by atoms with Crippen molar-refractivity contribution in [3.8, 4) is 0 Å². The molecular formula is C17H15F3N2O3. The molecule has 1 atom stereocenters. The molecule has 0 heterocycles. The second-order valence-electron chi connectivity index (χ2n) is 5.25. The minimum absolute atomic E-state index is 0.0800. The molecule has 2 rings (SSSR count). The van der Waals surface area contributed by atoms with E-state index in [9.17, 15) is 27.9 Å². The molecule has 0 aliphatic carbocycles. The van der Waals surface area contributed by atoms with Crippen molar-refractivity contribution in [1.82, 2.24) is 5.32 Å². The predicted octanol–water partition coefficient (Wildman–Crippen LogP) is 3.52. The maximum Gasteiger partial charge on any atom is 0.416 e. The van der Waals surface area contributed by atoms with Crippen molar-refractivity contribution in [2.24, 2.45) is 0 Å². The second kappa shape index (κ2) is 7.69. The molecule has 3 N–H and O–H groups in total. The Bertz CT molecular complexity index is 731. The van der Waals surface area contributed by atoms with E-state index in [0.717, 1.165) is 29.8 Å². The highest BCUT2D eigenvalue weighted by Crippen LogP contribution is 2.29. The van der Waals surface area contributed by atoms with Crippen molar-refractivity contribution >= 4 is 17.7 Å². The van der Waals surface area contributed by atoms with Crippen molar-refractivity contribution in [3.05, 3.63) is 65.7 Å². The molecule has 0 saturated carbocycles. The summed E-state index contributed by atoms with van der Waals surface area (Å²) in [6.07, 6.45) is -4.39. The number of amides is 2. The number of hydrogen-bond acceptors (Lipinski definition) is 2. The number of carboxylic acid groups (broad SMARTS) is 1. The molecule has 2 aromatic carbocycles. The highest BCUT2D eigenvalue weighted by molar-refractivity contribution is 5.92. The standard InChI is InChI=1S/C17H15F3N2O3/c18-17(19,20)12-6-8-13(9-7-12)21-16(25)22-14(15(23)24)10-11-4-2-1-3-5-11/h1-9,14H,10H2,(H,23,24)(H2,21,22,25)/t14-/m0/s1. The summed E-state index contributed by atoms with van der Waals surface area (Å²) in [5.41, 5.74) is 0.00466. The van der Waals surface area contributed by atoms with E-state index in [-0.39, 0.29) is 12.1 Å². The van der Waals surface area contributed by atoms with E-state index in [1.54, 1.807) is 30.3 Å². The van der Waals surface area contributed by atoms with Gasteiger partial charge in [-0.3, -0.25) is 0 Å². The van der Waals surface area contributed by atoms with E-state index in [2.05, 4.69) is 10.6 Å². The highest BCUT2D eigenvalue weighted by atomic mass is 19.4. The number of rotatable bonds is 5. The monoisotopic (exact) mass is 352 g/mol. The summed E-state index contributed by atoms with van der Waals surface area (Å²) < 4.78 is 37.5. The first-order valence-electron chi connectivity index (χ1n) is 7.27. The number of hydrogen-bond donors (Lipinski definition) is 3. The Labute approximate surface area is 141 Å². The average molecular weight is 352 g/mol. The number of carboxylic acids is 1. The molecule has 0 aliphatic rings. The summed E-state index contributed by atoms with van der Waals surface area (Å²) in [5.74, 6) is -1.22. The SMILES string of the molecule is O=C(Nc1ccc(C(F)(F)F)cc1)N[C@@H](Cc1ccccc1)C(=O)O. The third kappa shape index (κ3) is 5.52. The van der Waals surface area contributed by atoms with Gasteiger partial charge in [0, 0.05) is 12.1 Å². The van der Waals surface area contributed by atoms with Crippen LogP contribution in [0.15, 0.2) is 54.6 Å². The van der Waals surface area contributed by atoms with Crippen LogP contribution in [0.3, 0.4) is 0 Å². The summed E-state index contributed by atoms with van der Waals surface area (Å²) in [7, 11) is 0. The summed E-state index contributed by atoms with van der Waals surface area (Å²) >= 11 is 0. The minimum Gasteiger partial charge on any atom is -0.480 e. The van der Waals surface area contributed by atoms with Crippen LogP contribution in [0.25, 0.3) is 0 Å². The van der Waals surface area contributed by atoms with E-state index in [1.807, 2.05) is 0 Å². The first-order valence-corrected chi connectivity index (χ1v) is 7.27. The summed E-state index contributed by atoms with van der Waals surface area (Å²) in [4.78, 5) is 23.2. The lowest BCUT2D eigenvalue weighted by molar-refractivity contribution is -0.139. The van der Waals surface area contributed by atoms with E-state index in [4.69, 9.17) is 0 Å². The Balaban J connectivity index is 1.98. The Morgan fingerprint density at radius 3 is 2.12 bits per heavy atom. The maximum absolute atomic E-state index is 12.5. The van der Waals surface area contributed by atoms with Crippen LogP contribution in [-0.4, -0.2) is 23.1 Å². The summed E-state index contributed by atoms with van der Waals surface area (Å²) in [6.45, 7) is 0. The van der Waals surface area contributed by atoms with Crippen molar-refractivity contribution in [2.45, 2.75) is 18.6 Å². The fourth-order valence-electron chi connectivity index (χ4n) is 2.12. The van der Waals surface area contributed by atoms with Gasteiger partial charge in [0.1, 0.15) is 6.04 Å². The zero-order chi connectivity index (χ0) is 18.4. The minimum atomic E-state index is -4.47. The van der Waals surface area contributed by atoms with Crippen LogP contribution >= 0.6 is 0 Å². The molecule has 0 saturated heterocycles. The predicted molar refractivity (Wildman–Crippen MR) is 85.2 cm³/mol. The number of benzene rings is 2. The van der Waals surface area contributed by atoms with Crippen molar-refractivity contribution in [1.29, 1.82) is 0 Å². The molecule has 0 unspecified atom stereocenters. The molecule has 0 fully saturated rings. The van der Waals surface area contributed by atoms with Gasteiger partial charge in [-0.1, -0.05) is 30.3 Å². The lowest BCUT2D eigenvalue weighted by Gasteiger charge is -2.15. The van der Waals surface area contributed by atoms with E-state index in [0.29, 0.717) is 0 Å². The summed E-state index contributed by atoms with van der Waals surface area (Å²) in [6, 6.07) is 10.6. The van der Waals surface area contributed by atoms with E-state index < -0.39 is 29.8 Å². The van der Waals surface area contributed by atoms with Gasteiger partial charge in [-0.15, -0.1) is 0 Å². The quantitative estimate of drug-likeness (QED) is 0.770. The van der Waals surface area contributed by atoms with Gasteiger partial charge in [0.2, 0.25) is 0 Å². The van der Waals surface area contributed by atoms with E-state index in [1.165, 1.54) is 0 Å². The van der Waals surface area contributed by atoms with Gasteiger partial charge >= 0.3 is 18.2 Å². The zero-order valence-electron chi connectivity index (χ0n) is 12.9. The largest absolute Gasteiger partial charge is 0.480 e. The molecule has 0 aliphatic heterocycles. The Morgan fingerprint density at radius 2 is 1.60 bits per heavy atom. The number of halogens is 3. The topological polar surface area (TPSA) is 78.4 Å². The molecule has 132 valence electrons. The van der Waals surface area contributed by atoms with Gasteiger partial charge in [0.15, 0.2) is 0 Å². The normalized spacial score (nSPS) is 12.3. The number of anilines is 1. The number of urea groups is 1. The molecule has 25 heavy (non-hydrogen) atoms. The zero-order valence-corrected chi connectivity index (χ0v) is 12.9. The first-order chi connectivity index (χ1) is 11.8. The van der Waals surface area contributed by atoms with Crippen LogP contribution in [0.1, 0.15) is 11.1 Å². The van der Waals surface area contributed by atoms with Crippen LogP contribution in [0.2, 0.25) is 0 Å². The Hall–Kier alpha value is -3.03. The maximum atomic E-state index is 12.5. The fraction of sp³-hybridized carbons (Fsp3) is 0.176. The molecule has 0 bridgehead atoms. The Morgan fingerprint density at radius 1 is 1.00 bits per heavy atom. The van der Waals surface area contributed by atoms with Crippen molar-refractivity contribution < 1.29 is 27.9 Å². The van der Waals surface area contributed by atoms with Gasteiger partial charge < -0.3 is 15.7 Å². The van der Waals surface area contributed by atoms with Gasteiger partial charge in [-0.05, 0) is 29.8 Å². The third-order valence-electron chi connectivity index (χ3n) is 3.36. The van der Waals surface area contributed by atoms with Crippen LogP contribution in [0.4, 0.5) is 23.7 Å². The third-order valence-corrected chi connectivity index (χ3v) is 3.36. The molecule has 0 aromatic heterocycles. The molecule has 5 nitrogen and oxygen atoms in total. The van der Waals surface area contributed by atoms with Crippen molar-refractivity contribution in [2.75, 3.05) is 5.32 Å². The number of carbonyl (C=O) groups is 2. The molecule has 0 spiro atoms. The van der Waals surface area contributed by atoms with E-state index >= 15 is 0 Å². The van der Waals surface area contributed by atoms with Gasteiger partial charge in [0.05, 0.1) is 5.56 Å². The fourth-order valence-corrected chi connectivity index (χ4v) is 2.12. The number of nitrogens with one attached hydrogen (secondary N) is 2. The second-order valence-corrected chi connectivity index (χ2v) is 5.25. The lowest BCUT2D eigenvalue weighted by atomic mass is 10.1. The number of aliphatic carboxylic acids is 1. The lowest BCUT2D eigenvalue weighted by Crippen LogP contribution is -2.44.